The van der Waals surface area contributed by atoms with Gasteiger partial charge < -0.3 is 5.32 Å². The van der Waals surface area contributed by atoms with Gasteiger partial charge in [-0.2, -0.15) is 10.1 Å². The van der Waals surface area contributed by atoms with Crippen molar-refractivity contribution in [3.05, 3.63) is 63.0 Å². The van der Waals surface area contributed by atoms with Gasteiger partial charge in [-0.25, -0.2) is 14.4 Å². The molecule has 32 heavy (non-hydrogen) atoms. The van der Waals surface area contributed by atoms with Crippen molar-refractivity contribution in [2.24, 2.45) is 19.2 Å². The molecule has 0 unspecified atom stereocenters. The van der Waals surface area contributed by atoms with Gasteiger partial charge in [-0.15, -0.1) is 0 Å². The van der Waals surface area contributed by atoms with E-state index in [1.54, 1.807) is 29.4 Å². The lowest BCUT2D eigenvalue weighted by Gasteiger charge is -2.09. The van der Waals surface area contributed by atoms with Crippen molar-refractivity contribution in [2.45, 2.75) is 0 Å². The van der Waals surface area contributed by atoms with Crippen LogP contribution in [0.2, 0.25) is 0 Å². The summed E-state index contributed by atoms with van der Waals surface area (Å²) >= 11 is 3.42. The summed E-state index contributed by atoms with van der Waals surface area (Å²) in [5.74, 6) is 0.758. The van der Waals surface area contributed by atoms with Crippen LogP contribution in [0.5, 0.6) is 0 Å². The third-order valence-corrected chi connectivity index (χ3v) is 5.43. The zero-order chi connectivity index (χ0) is 22.2. The van der Waals surface area contributed by atoms with Gasteiger partial charge in [0, 0.05) is 24.3 Å². The second-order valence-electron chi connectivity index (χ2n) is 6.98. The second kappa shape index (κ2) is 7.89. The number of benzene rings is 2. The molecule has 5 rings (SSSR count). The summed E-state index contributed by atoms with van der Waals surface area (Å²) in [5, 5.41) is 15.0. The van der Waals surface area contributed by atoms with E-state index in [9.17, 15) is 4.79 Å². The summed E-state index contributed by atoms with van der Waals surface area (Å²) in [6.45, 7) is 0. The normalized spacial score (nSPS) is 11.6. The third kappa shape index (κ3) is 3.60. The van der Waals surface area contributed by atoms with E-state index < -0.39 is 0 Å². The van der Waals surface area contributed by atoms with Crippen molar-refractivity contribution in [3.8, 4) is 0 Å². The minimum Gasteiger partial charge on any atom is -0.337 e. The Bertz CT molecular complexity index is 1530. The Morgan fingerprint density at radius 2 is 1.66 bits per heavy atom. The first-order valence-electron chi connectivity index (χ1n) is 9.47. The van der Waals surface area contributed by atoms with Gasteiger partial charge in [-0.05, 0) is 52.3 Å². The fourth-order valence-corrected chi connectivity index (χ4v) is 3.51. The number of nitrogens with one attached hydrogen (secondary N) is 2. The van der Waals surface area contributed by atoms with E-state index in [-0.39, 0.29) is 17.0 Å². The van der Waals surface area contributed by atoms with Crippen molar-refractivity contribution in [1.29, 1.82) is 0 Å². The molecule has 0 aliphatic rings. The lowest BCUT2D eigenvalue weighted by molar-refractivity contribution is 0.314. The molecule has 0 spiro atoms. The predicted molar refractivity (Wildman–Crippen MR) is 124 cm³/mol. The Hall–Kier alpha value is -4.06. The summed E-state index contributed by atoms with van der Waals surface area (Å²) < 4.78 is 8.88. The topological polar surface area (TPSA) is 128 Å². The molecular formula is C20H16BrN9O2. The first-order chi connectivity index (χ1) is 15.5. The summed E-state index contributed by atoms with van der Waals surface area (Å²) in [6, 6.07) is 13.2. The molecule has 0 saturated carbocycles. The Labute approximate surface area is 188 Å². The molecule has 2 N–H and O–H groups in total. The summed E-state index contributed by atoms with van der Waals surface area (Å²) in [4.78, 5) is 20.9. The van der Waals surface area contributed by atoms with Crippen LogP contribution in [-0.2, 0) is 14.1 Å². The van der Waals surface area contributed by atoms with Crippen LogP contribution in [0.1, 0.15) is 5.56 Å². The Morgan fingerprint density at radius 3 is 2.41 bits per heavy atom. The van der Waals surface area contributed by atoms with Gasteiger partial charge in [0.25, 0.3) is 0 Å². The highest BCUT2D eigenvalue weighted by Crippen LogP contribution is 2.25. The molecule has 160 valence electrons. The fraction of sp³-hybridized carbons (Fsp3) is 0.100. The van der Waals surface area contributed by atoms with Crippen molar-refractivity contribution >= 4 is 61.8 Å². The third-order valence-electron chi connectivity index (χ3n) is 4.90. The van der Waals surface area contributed by atoms with E-state index in [0.717, 1.165) is 26.8 Å². The monoisotopic (exact) mass is 493 g/mol. The standard InChI is InChI=1S/C20H16BrN9O2/c1-29-14-8-3-11(9-15(14)30(2)20(29)31)10-22-26-17-16(23-13-6-4-12(21)5-7-13)24-18-19(25-17)28-32-27-18/h3-10H,1-2H3,(H,23,24,27)(H,25,26,28)/b22-10+. The van der Waals surface area contributed by atoms with Crippen LogP contribution in [-0.4, -0.2) is 35.6 Å². The molecule has 0 amide bonds. The minimum absolute atomic E-state index is 0.0827. The van der Waals surface area contributed by atoms with E-state index in [1.165, 1.54) is 0 Å². The number of rotatable bonds is 5. The highest BCUT2D eigenvalue weighted by Gasteiger charge is 2.13. The lowest BCUT2D eigenvalue weighted by Crippen LogP contribution is -2.19. The van der Waals surface area contributed by atoms with Crippen LogP contribution < -0.4 is 16.4 Å². The number of aromatic nitrogens is 6. The zero-order valence-electron chi connectivity index (χ0n) is 16.9. The van der Waals surface area contributed by atoms with Gasteiger partial charge in [0.15, 0.2) is 11.6 Å². The number of imidazole rings is 1. The lowest BCUT2D eigenvalue weighted by atomic mass is 10.2. The van der Waals surface area contributed by atoms with Crippen LogP contribution in [0.25, 0.3) is 22.3 Å². The van der Waals surface area contributed by atoms with Gasteiger partial charge in [0.1, 0.15) is 0 Å². The summed E-state index contributed by atoms with van der Waals surface area (Å²) in [6.07, 6.45) is 1.63. The second-order valence-corrected chi connectivity index (χ2v) is 7.90. The smallest absolute Gasteiger partial charge is 0.328 e. The number of hydrazone groups is 1. The highest BCUT2D eigenvalue weighted by molar-refractivity contribution is 9.10. The molecule has 0 fully saturated rings. The van der Waals surface area contributed by atoms with Crippen LogP contribution in [0.3, 0.4) is 0 Å². The average Bonchev–Trinajstić information content (AvgIpc) is 3.33. The number of fused-ring (bicyclic) bond motifs is 2. The van der Waals surface area contributed by atoms with Crippen LogP contribution >= 0.6 is 15.9 Å². The van der Waals surface area contributed by atoms with E-state index in [2.05, 4.69) is 52.1 Å². The van der Waals surface area contributed by atoms with Gasteiger partial charge in [-0.1, -0.05) is 22.0 Å². The Balaban J connectivity index is 1.44. The largest absolute Gasteiger partial charge is 0.337 e. The molecule has 0 saturated heterocycles. The first kappa shape index (κ1) is 19.9. The number of aryl methyl sites for hydroxylation is 2. The molecule has 0 aliphatic carbocycles. The van der Waals surface area contributed by atoms with Crippen LogP contribution in [0.4, 0.5) is 17.3 Å². The van der Waals surface area contributed by atoms with Crippen molar-refractivity contribution < 1.29 is 4.63 Å². The number of hydrogen-bond acceptors (Lipinski definition) is 9. The molecule has 2 aromatic carbocycles. The van der Waals surface area contributed by atoms with Crippen molar-refractivity contribution in [3.63, 3.8) is 0 Å². The van der Waals surface area contributed by atoms with Gasteiger partial charge in [0.05, 0.1) is 17.2 Å². The average molecular weight is 494 g/mol. The molecule has 3 heterocycles. The molecule has 12 heteroatoms. The zero-order valence-corrected chi connectivity index (χ0v) is 18.5. The van der Waals surface area contributed by atoms with E-state index >= 15 is 0 Å². The van der Waals surface area contributed by atoms with Gasteiger partial charge in [0.2, 0.25) is 11.3 Å². The predicted octanol–water partition coefficient (Wildman–Crippen LogP) is 3.16. The quantitative estimate of drug-likeness (QED) is 0.282. The SMILES string of the molecule is Cn1c(=O)n(C)c2cc(/C=N/Nc3nc4nonc4nc3Nc3ccc(Br)cc3)ccc21. The van der Waals surface area contributed by atoms with Crippen molar-refractivity contribution in [2.75, 3.05) is 10.7 Å². The molecule has 5 aromatic rings. The summed E-state index contributed by atoms with van der Waals surface area (Å²) in [5.41, 5.74) is 6.62. The number of nitrogens with zero attached hydrogens (tertiary/aromatic N) is 7. The van der Waals surface area contributed by atoms with Crippen LogP contribution in [0, 0.1) is 0 Å². The van der Waals surface area contributed by atoms with Crippen LogP contribution in [0.15, 0.2) is 61.5 Å². The highest BCUT2D eigenvalue weighted by atomic mass is 79.9. The molecule has 11 nitrogen and oxygen atoms in total. The maximum absolute atomic E-state index is 12.1. The first-order valence-corrected chi connectivity index (χ1v) is 10.3. The maximum Gasteiger partial charge on any atom is 0.328 e. The van der Waals surface area contributed by atoms with Gasteiger partial charge in [-0.3, -0.25) is 14.6 Å². The summed E-state index contributed by atoms with van der Waals surface area (Å²) in [7, 11) is 3.48. The van der Waals surface area contributed by atoms with E-state index in [4.69, 9.17) is 4.63 Å². The molecule has 3 aromatic heterocycles. The Kier molecular flexibility index (Phi) is 4.90. The van der Waals surface area contributed by atoms with Gasteiger partial charge >= 0.3 is 5.69 Å². The molecule has 0 aliphatic heterocycles. The number of halogens is 1. The number of anilines is 3. The van der Waals surface area contributed by atoms with Crippen molar-refractivity contribution in [1.82, 2.24) is 29.4 Å². The van der Waals surface area contributed by atoms with E-state index in [0.29, 0.717) is 11.6 Å². The molecular weight excluding hydrogens is 478 g/mol. The van der Waals surface area contributed by atoms with E-state index in [1.807, 2.05) is 42.5 Å². The number of hydrogen-bond donors (Lipinski definition) is 2. The molecule has 0 bridgehead atoms. The molecule has 0 radical (unpaired) electrons. The fourth-order valence-electron chi connectivity index (χ4n) is 3.25. The minimum atomic E-state index is -0.0827. The Morgan fingerprint density at radius 1 is 0.969 bits per heavy atom. The maximum atomic E-state index is 12.1. The molecule has 0 atom stereocenters.